The van der Waals surface area contributed by atoms with Crippen molar-refractivity contribution in [3.8, 4) is 0 Å². The zero-order valence-electron chi connectivity index (χ0n) is 13.6. The molecular formula is C17H19F2N5O. The van der Waals surface area contributed by atoms with E-state index in [1.54, 1.807) is 12.3 Å². The molecule has 1 aromatic carbocycles. The molecule has 0 atom stereocenters. The number of nitrogens with one attached hydrogen (secondary N) is 2. The fourth-order valence-corrected chi connectivity index (χ4v) is 2.70. The van der Waals surface area contributed by atoms with E-state index >= 15 is 0 Å². The van der Waals surface area contributed by atoms with Gasteiger partial charge in [-0.1, -0.05) is 0 Å². The number of aromatic nitrogens is 2. The van der Waals surface area contributed by atoms with E-state index in [2.05, 4.69) is 25.5 Å². The summed E-state index contributed by atoms with van der Waals surface area (Å²) in [5.41, 5.74) is 0.711. The minimum atomic E-state index is -0.753. The molecule has 1 aromatic heterocycles. The van der Waals surface area contributed by atoms with E-state index in [0.29, 0.717) is 11.6 Å². The molecule has 6 nitrogen and oxygen atoms in total. The molecule has 2 N–H and O–H groups in total. The summed E-state index contributed by atoms with van der Waals surface area (Å²) in [6.45, 7) is 2.05. The van der Waals surface area contributed by atoms with E-state index in [-0.39, 0.29) is 12.2 Å². The first-order valence-corrected chi connectivity index (χ1v) is 8.18. The highest BCUT2D eigenvalue weighted by Crippen LogP contribution is 2.15. The lowest BCUT2D eigenvalue weighted by Crippen LogP contribution is -2.32. The summed E-state index contributed by atoms with van der Waals surface area (Å²) in [5, 5.41) is 5.00. The van der Waals surface area contributed by atoms with Crippen molar-refractivity contribution in [2.75, 3.05) is 23.3 Å². The van der Waals surface area contributed by atoms with Gasteiger partial charge in [0.15, 0.2) is 0 Å². The molecule has 132 valence electrons. The second-order valence-electron chi connectivity index (χ2n) is 5.86. The number of carbonyl (C=O) groups is 1. The third kappa shape index (κ3) is 4.85. The second-order valence-corrected chi connectivity index (χ2v) is 5.86. The summed E-state index contributed by atoms with van der Waals surface area (Å²) in [6, 6.07) is 3.98. The van der Waals surface area contributed by atoms with Crippen LogP contribution in [0.15, 0.2) is 30.5 Å². The van der Waals surface area contributed by atoms with Crippen LogP contribution in [-0.4, -0.2) is 29.1 Å². The molecule has 0 aliphatic carbocycles. The molecule has 1 fully saturated rings. The normalized spacial score (nSPS) is 14.2. The van der Waals surface area contributed by atoms with E-state index < -0.39 is 17.7 Å². The number of hydrogen-bond acceptors (Lipinski definition) is 4. The van der Waals surface area contributed by atoms with Crippen molar-refractivity contribution < 1.29 is 13.6 Å². The molecule has 25 heavy (non-hydrogen) atoms. The number of benzene rings is 1. The van der Waals surface area contributed by atoms with Crippen molar-refractivity contribution in [1.82, 2.24) is 15.3 Å². The van der Waals surface area contributed by atoms with Crippen LogP contribution in [0.25, 0.3) is 0 Å². The molecule has 1 saturated heterocycles. The van der Waals surface area contributed by atoms with Gasteiger partial charge in [0.25, 0.3) is 0 Å². The van der Waals surface area contributed by atoms with Crippen LogP contribution in [0.3, 0.4) is 0 Å². The molecule has 0 radical (unpaired) electrons. The molecule has 0 spiro atoms. The van der Waals surface area contributed by atoms with Crippen LogP contribution in [0, 0.1) is 11.6 Å². The predicted molar refractivity (Wildman–Crippen MR) is 90.3 cm³/mol. The second kappa shape index (κ2) is 7.87. The first-order valence-electron chi connectivity index (χ1n) is 8.18. The summed E-state index contributed by atoms with van der Waals surface area (Å²) in [4.78, 5) is 22.7. The lowest BCUT2D eigenvalue weighted by Gasteiger charge is -2.26. The Labute approximate surface area is 144 Å². The Bertz CT molecular complexity index is 729. The number of hydrogen-bond donors (Lipinski definition) is 2. The number of urea groups is 1. The Morgan fingerprint density at radius 3 is 2.56 bits per heavy atom. The van der Waals surface area contributed by atoms with E-state index in [0.717, 1.165) is 44.1 Å². The van der Waals surface area contributed by atoms with E-state index in [4.69, 9.17) is 0 Å². The van der Waals surface area contributed by atoms with Gasteiger partial charge in [0.2, 0.25) is 5.95 Å². The minimum Gasteiger partial charge on any atom is -0.341 e. The average Bonchev–Trinajstić information content (AvgIpc) is 2.60. The maximum absolute atomic E-state index is 13.1. The number of rotatable bonds is 4. The van der Waals surface area contributed by atoms with Crippen molar-refractivity contribution in [1.29, 1.82) is 0 Å². The summed E-state index contributed by atoms with van der Waals surface area (Å²) in [5.74, 6) is -0.846. The zero-order chi connectivity index (χ0) is 17.6. The van der Waals surface area contributed by atoms with Crippen molar-refractivity contribution >= 4 is 17.7 Å². The van der Waals surface area contributed by atoms with Crippen molar-refractivity contribution in [3.63, 3.8) is 0 Å². The van der Waals surface area contributed by atoms with E-state index in [1.807, 2.05) is 0 Å². The van der Waals surface area contributed by atoms with Crippen LogP contribution < -0.4 is 15.5 Å². The first kappa shape index (κ1) is 17.1. The van der Waals surface area contributed by atoms with Crippen LogP contribution in [-0.2, 0) is 6.54 Å². The van der Waals surface area contributed by atoms with Gasteiger partial charge in [-0.05, 0) is 37.5 Å². The van der Waals surface area contributed by atoms with Crippen LogP contribution >= 0.6 is 0 Å². The Balaban J connectivity index is 1.56. The monoisotopic (exact) mass is 347 g/mol. The van der Waals surface area contributed by atoms with Gasteiger partial charge in [-0.3, -0.25) is 0 Å². The summed E-state index contributed by atoms with van der Waals surface area (Å²) < 4.78 is 26.2. The number of anilines is 2. The molecule has 2 amide bonds. The van der Waals surface area contributed by atoms with Crippen molar-refractivity contribution in [2.24, 2.45) is 0 Å². The largest absolute Gasteiger partial charge is 0.341 e. The van der Waals surface area contributed by atoms with Crippen LogP contribution in [0.4, 0.5) is 25.2 Å². The number of nitrogens with zero attached hydrogens (tertiary/aromatic N) is 3. The number of piperidine rings is 1. The summed E-state index contributed by atoms with van der Waals surface area (Å²) in [6.07, 6.45) is 5.13. The quantitative estimate of drug-likeness (QED) is 0.892. The molecule has 1 aliphatic heterocycles. The molecule has 0 bridgehead atoms. The van der Waals surface area contributed by atoms with Gasteiger partial charge in [0.05, 0.1) is 12.2 Å². The van der Waals surface area contributed by atoms with Crippen molar-refractivity contribution in [2.45, 2.75) is 25.8 Å². The van der Waals surface area contributed by atoms with E-state index in [9.17, 15) is 13.6 Å². The highest BCUT2D eigenvalue weighted by molar-refractivity contribution is 5.89. The molecule has 0 unspecified atom stereocenters. The average molecular weight is 347 g/mol. The van der Waals surface area contributed by atoms with Crippen molar-refractivity contribution in [3.05, 3.63) is 47.8 Å². The Morgan fingerprint density at radius 1 is 1.12 bits per heavy atom. The third-order valence-electron chi connectivity index (χ3n) is 3.89. The standard InChI is InChI=1S/C17H19F2N5O/c18-12-8-13(19)10-15(9-12)23-17(25)21-11-14-4-5-20-16(22-14)24-6-2-1-3-7-24/h4-5,8-10H,1-3,6-7,11H2,(H2,21,23,25). The number of halogens is 2. The molecule has 3 rings (SSSR count). The van der Waals surface area contributed by atoms with Gasteiger partial charge < -0.3 is 15.5 Å². The van der Waals surface area contributed by atoms with Gasteiger partial charge in [0.1, 0.15) is 11.6 Å². The molecule has 2 heterocycles. The maximum atomic E-state index is 13.1. The number of carbonyl (C=O) groups excluding carboxylic acids is 1. The summed E-state index contributed by atoms with van der Waals surface area (Å²) in [7, 11) is 0. The fraction of sp³-hybridized carbons (Fsp3) is 0.353. The highest BCUT2D eigenvalue weighted by Gasteiger charge is 2.14. The van der Waals surface area contributed by atoms with Gasteiger partial charge in [0, 0.05) is 31.0 Å². The van der Waals surface area contributed by atoms with Crippen LogP contribution in [0.5, 0.6) is 0 Å². The topological polar surface area (TPSA) is 70.2 Å². The predicted octanol–water partition coefficient (Wildman–Crippen LogP) is 3.07. The molecule has 1 aliphatic rings. The highest BCUT2D eigenvalue weighted by atomic mass is 19.1. The smallest absolute Gasteiger partial charge is 0.319 e. The third-order valence-corrected chi connectivity index (χ3v) is 3.89. The summed E-state index contributed by atoms with van der Waals surface area (Å²) >= 11 is 0. The molecule has 8 heteroatoms. The lowest BCUT2D eigenvalue weighted by atomic mass is 10.1. The zero-order valence-corrected chi connectivity index (χ0v) is 13.6. The van der Waals surface area contributed by atoms with Gasteiger partial charge in [-0.15, -0.1) is 0 Å². The minimum absolute atomic E-state index is 0.0479. The first-order chi connectivity index (χ1) is 12.1. The van der Waals surface area contributed by atoms with Crippen LogP contribution in [0.1, 0.15) is 25.0 Å². The molecule has 0 saturated carbocycles. The number of amides is 2. The molecular weight excluding hydrogens is 328 g/mol. The van der Waals surface area contributed by atoms with E-state index in [1.165, 1.54) is 6.42 Å². The Hall–Kier alpha value is -2.77. The maximum Gasteiger partial charge on any atom is 0.319 e. The fourth-order valence-electron chi connectivity index (χ4n) is 2.70. The van der Waals surface area contributed by atoms with Gasteiger partial charge in [-0.25, -0.2) is 23.5 Å². The Kier molecular flexibility index (Phi) is 5.37. The van der Waals surface area contributed by atoms with Gasteiger partial charge in [-0.2, -0.15) is 0 Å². The molecule has 2 aromatic rings. The van der Waals surface area contributed by atoms with Crippen LogP contribution in [0.2, 0.25) is 0 Å². The van der Waals surface area contributed by atoms with Gasteiger partial charge >= 0.3 is 6.03 Å². The SMILES string of the molecule is O=C(NCc1ccnc(N2CCCCC2)n1)Nc1cc(F)cc(F)c1. The lowest BCUT2D eigenvalue weighted by molar-refractivity contribution is 0.251. The Morgan fingerprint density at radius 2 is 1.84 bits per heavy atom.